The van der Waals surface area contributed by atoms with Gasteiger partial charge in [0.25, 0.3) is 5.91 Å². The largest absolute Gasteiger partial charge is 1.00 e. The van der Waals surface area contributed by atoms with Crippen molar-refractivity contribution in [3.8, 4) is 6.07 Å². The molecule has 34 heavy (non-hydrogen) atoms. The molecule has 1 amide bonds. The molecule has 8 atom stereocenters. The van der Waals surface area contributed by atoms with Crippen LogP contribution >= 0.6 is 0 Å². The van der Waals surface area contributed by atoms with Crippen molar-refractivity contribution in [2.75, 3.05) is 0 Å². The number of carbonyl (C=O) groups excluding carboxylic acids is 1. The van der Waals surface area contributed by atoms with Crippen LogP contribution in [-0.2, 0) is 0 Å². The number of benzene rings is 1. The summed E-state index contributed by atoms with van der Waals surface area (Å²) in [6, 6.07) is 9.33. The van der Waals surface area contributed by atoms with Crippen LogP contribution in [0.5, 0.6) is 0 Å². The fraction of sp³-hybridized carbons (Fsp3) is 0.700. The van der Waals surface area contributed by atoms with Crippen molar-refractivity contribution in [2.24, 2.45) is 40.9 Å². The maximum Gasteiger partial charge on any atom is 1.00 e. The number of carbonyl (C=O) groups is 1. The van der Waals surface area contributed by atoms with Crippen LogP contribution in [-0.4, -0.2) is 11.9 Å². The fourth-order valence-electron chi connectivity index (χ4n) is 8.90. The van der Waals surface area contributed by atoms with E-state index in [9.17, 15) is 4.79 Å². The molecule has 4 fully saturated rings. The van der Waals surface area contributed by atoms with Gasteiger partial charge in [-0.1, -0.05) is 57.8 Å². The quantitative estimate of drug-likeness (QED) is 0.558. The van der Waals surface area contributed by atoms with Crippen LogP contribution in [0, 0.1) is 58.2 Å². The molecule has 1 aromatic carbocycles. The summed E-state index contributed by atoms with van der Waals surface area (Å²) < 4.78 is 0. The van der Waals surface area contributed by atoms with E-state index in [1.165, 1.54) is 64.2 Å². The first-order valence-electron chi connectivity index (χ1n) is 13.6. The maximum absolute atomic E-state index is 13.0. The third-order valence-corrected chi connectivity index (χ3v) is 10.5. The first-order chi connectivity index (χ1) is 15.9. The van der Waals surface area contributed by atoms with Crippen molar-refractivity contribution in [1.29, 1.82) is 5.26 Å². The van der Waals surface area contributed by atoms with Gasteiger partial charge in [0, 0.05) is 11.6 Å². The molecule has 178 valence electrons. The van der Waals surface area contributed by atoms with Gasteiger partial charge in [0.2, 0.25) is 0 Å². The molecular weight excluding hydrogens is 411 g/mol. The van der Waals surface area contributed by atoms with Crippen LogP contribution in [0.2, 0.25) is 0 Å². The van der Waals surface area contributed by atoms with Crippen LogP contribution in [0.25, 0.3) is 0 Å². The Balaban J connectivity index is 0.00000274. The number of nitriles is 1. The van der Waals surface area contributed by atoms with Gasteiger partial charge >= 0.3 is 18.9 Å². The summed E-state index contributed by atoms with van der Waals surface area (Å²) in [5, 5.41) is 12.4. The summed E-state index contributed by atoms with van der Waals surface area (Å²) in [4.78, 5) is 13.0. The summed E-state index contributed by atoms with van der Waals surface area (Å²) in [6.07, 6.45) is 13.7. The van der Waals surface area contributed by atoms with Crippen molar-refractivity contribution >= 4 is 5.91 Å². The molecule has 1 aromatic rings. The van der Waals surface area contributed by atoms with Crippen LogP contribution in [0.15, 0.2) is 24.3 Å². The van der Waals surface area contributed by atoms with Gasteiger partial charge < -0.3 is 11.2 Å². The number of amides is 1. The predicted octanol–water partition coefficient (Wildman–Crippen LogP) is 3.93. The zero-order valence-electron chi connectivity index (χ0n) is 21.8. The number of fused-ring (bicyclic) bond motifs is 5. The second kappa shape index (κ2) is 10.4. The number of rotatable bonds is 3. The Bertz CT molecular complexity index is 907. The Morgan fingerprint density at radius 3 is 2.62 bits per heavy atom. The molecule has 0 spiro atoms. The molecule has 4 aliphatic rings. The van der Waals surface area contributed by atoms with Crippen molar-refractivity contribution < 1.29 is 23.7 Å². The molecule has 0 aromatic heterocycles. The minimum absolute atomic E-state index is 0. The van der Waals surface area contributed by atoms with Crippen LogP contribution in [0.3, 0.4) is 0 Å². The minimum atomic E-state index is -0.000340. The molecule has 0 aliphatic heterocycles. The Morgan fingerprint density at radius 2 is 1.88 bits per heavy atom. The molecule has 5 rings (SSSR count). The van der Waals surface area contributed by atoms with E-state index in [2.05, 4.69) is 32.2 Å². The minimum Gasteiger partial charge on any atom is -0.349 e. The van der Waals surface area contributed by atoms with E-state index in [4.69, 9.17) is 5.26 Å². The van der Waals surface area contributed by atoms with Crippen LogP contribution in [0.1, 0.15) is 101 Å². The summed E-state index contributed by atoms with van der Waals surface area (Å²) >= 11 is 0. The van der Waals surface area contributed by atoms with E-state index in [-0.39, 0.29) is 30.8 Å². The van der Waals surface area contributed by atoms with Crippen molar-refractivity contribution in [2.45, 2.75) is 91.0 Å². The maximum atomic E-state index is 13.0. The van der Waals surface area contributed by atoms with Crippen LogP contribution in [0.4, 0.5) is 0 Å². The normalized spacial score (nSPS) is 38.2. The molecule has 4 heteroatoms. The van der Waals surface area contributed by atoms with Crippen LogP contribution < -0.4 is 24.2 Å². The van der Waals surface area contributed by atoms with E-state index in [1.54, 1.807) is 24.3 Å². The topological polar surface area (TPSA) is 52.9 Å². The second-order valence-corrected chi connectivity index (χ2v) is 12.2. The van der Waals surface area contributed by atoms with Crippen molar-refractivity contribution in [1.82, 2.24) is 5.32 Å². The first kappa shape index (κ1) is 25.9. The Labute approximate surface area is 219 Å². The monoisotopic (exact) mass is 452 g/mol. The van der Waals surface area contributed by atoms with E-state index in [1.807, 2.05) is 5.92 Å². The zero-order chi connectivity index (χ0) is 23.2. The molecule has 0 radical (unpaired) electrons. The summed E-state index contributed by atoms with van der Waals surface area (Å²) in [7, 11) is 0. The first-order valence-corrected chi connectivity index (χ1v) is 13.6. The van der Waals surface area contributed by atoms with Crippen molar-refractivity contribution in [3.63, 3.8) is 0 Å². The molecule has 3 nitrogen and oxygen atoms in total. The van der Waals surface area contributed by atoms with Gasteiger partial charge in [-0.2, -0.15) is 24.0 Å². The molecule has 2 unspecified atom stereocenters. The molecule has 0 heterocycles. The van der Waals surface area contributed by atoms with Gasteiger partial charge in [0.1, 0.15) is 0 Å². The molecule has 0 saturated heterocycles. The Kier molecular flexibility index (Phi) is 7.92. The number of nitrogens with one attached hydrogen (secondary N) is 1. The summed E-state index contributed by atoms with van der Waals surface area (Å²) in [6.45, 7) is 7.26. The second-order valence-electron chi connectivity index (χ2n) is 12.2. The van der Waals surface area contributed by atoms with Gasteiger partial charge in [0.05, 0.1) is 11.6 Å². The summed E-state index contributed by atoms with van der Waals surface area (Å²) in [5.74, 6) is 6.95. The number of hydrogen-bond acceptors (Lipinski definition) is 2. The van der Waals surface area contributed by atoms with E-state index >= 15 is 0 Å². The summed E-state index contributed by atoms with van der Waals surface area (Å²) in [5.41, 5.74) is 1.60. The van der Waals surface area contributed by atoms with Gasteiger partial charge in [-0.3, -0.25) is 4.79 Å². The zero-order valence-corrected chi connectivity index (χ0v) is 21.8. The molecule has 0 bridgehead atoms. The average molecular weight is 453 g/mol. The predicted molar refractivity (Wildman–Crippen MR) is 132 cm³/mol. The SMILES string of the molecule is C[C@H]1CC[C@H]2[C-](CC[C@@H]3C2CC[C@@]2(C)C3CCC[C@@H]2[C@@H](C)NC(=O)c2ccc(C#N)cc2)C1.[Li+]. The molecular formula is C30H41LiN2O. The average Bonchev–Trinajstić information content (AvgIpc) is 2.82. The van der Waals surface area contributed by atoms with Gasteiger partial charge in [-0.25, -0.2) is 0 Å². The van der Waals surface area contributed by atoms with Gasteiger partial charge in [-0.15, -0.1) is 0 Å². The Hall–Kier alpha value is -1.22. The van der Waals surface area contributed by atoms with Crippen molar-refractivity contribution in [3.05, 3.63) is 41.3 Å². The smallest absolute Gasteiger partial charge is 0.349 e. The standard InChI is InChI=1S/C30H41N2O.Li/c1-19-7-13-24-23(17-19)12-14-26-25(24)15-16-30(3)27(5-4-6-28(26)30)20(2)32-29(33)22-10-8-21(18-31)9-11-22;/h8-11,19-20,24-28H,4-7,12-17H2,1-3H3,(H,32,33);/q-1;+1/t19-,20+,24-,25?,26+,27+,28?,30+;/m0./s1. The number of nitrogens with zero attached hydrogens (tertiary/aromatic N) is 1. The molecule has 1 N–H and O–H groups in total. The molecule has 4 aliphatic carbocycles. The van der Waals surface area contributed by atoms with Gasteiger partial charge in [0.15, 0.2) is 0 Å². The van der Waals surface area contributed by atoms with E-state index < -0.39 is 0 Å². The van der Waals surface area contributed by atoms with E-state index in [0.29, 0.717) is 22.5 Å². The third kappa shape index (κ3) is 4.63. The van der Waals surface area contributed by atoms with Gasteiger partial charge in [-0.05, 0) is 73.6 Å². The Morgan fingerprint density at radius 1 is 1.12 bits per heavy atom. The number of hydrogen-bond donors (Lipinski definition) is 1. The fourth-order valence-corrected chi connectivity index (χ4v) is 8.90. The van der Waals surface area contributed by atoms with E-state index in [0.717, 1.165) is 29.6 Å². The third-order valence-electron chi connectivity index (χ3n) is 10.5. The molecule has 4 saturated carbocycles.